The fourth-order valence-corrected chi connectivity index (χ4v) is 1.56. The minimum absolute atomic E-state index is 0.0248. The van der Waals surface area contributed by atoms with Gasteiger partial charge in [-0.05, 0) is 18.6 Å². The van der Waals surface area contributed by atoms with Crippen LogP contribution in [0.3, 0.4) is 0 Å². The molecule has 1 unspecified atom stereocenters. The van der Waals surface area contributed by atoms with E-state index in [1.165, 1.54) is 12.1 Å². The summed E-state index contributed by atoms with van der Waals surface area (Å²) in [6.07, 6.45) is 0.835. The number of aromatic nitrogens is 2. The van der Waals surface area contributed by atoms with E-state index in [1.807, 2.05) is 6.92 Å². The molecule has 0 N–H and O–H groups in total. The maximum absolute atomic E-state index is 10.5. The normalized spacial score (nSPS) is 12.3. The van der Waals surface area contributed by atoms with Gasteiger partial charge in [0.2, 0.25) is 11.8 Å². The van der Waals surface area contributed by atoms with Crippen molar-refractivity contribution in [1.29, 1.82) is 0 Å². The number of non-ortho nitro benzene ring substituents is 1. The molecule has 0 spiro atoms. The second-order valence-electron chi connectivity index (χ2n) is 3.63. The summed E-state index contributed by atoms with van der Waals surface area (Å²) < 4.78 is 5.48. The van der Waals surface area contributed by atoms with Crippen LogP contribution < -0.4 is 0 Å². The number of rotatable bonds is 4. The average molecular weight is 312 g/mol. The molecule has 0 aliphatic carbocycles. The molecule has 6 nitrogen and oxygen atoms in total. The van der Waals surface area contributed by atoms with E-state index in [0.29, 0.717) is 17.3 Å². The average Bonchev–Trinajstić information content (AvgIpc) is 2.87. The molecule has 1 aromatic carbocycles. The minimum atomic E-state index is -0.450. The molecule has 2 aromatic rings. The van der Waals surface area contributed by atoms with Crippen LogP contribution in [0.5, 0.6) is 0 Å². The Morgan fingerprint density at radius 2 is 2.06 bits per heavy atom. The molecule has 0 aliphatic rings. The molecule has 0 amide bonds. The van der Waals surface area contributed by atoms with Gasteiger partial charge in [0.15, 0.2) is 0 Å². The van der Waals surface area contributed by atoms with Crippen LogP contribution in [0.1, 0.15) is 24.1 Å². The molecule has 1 atom stereocenters. The monoisotopic (exact) mass is 311 g/mol. The van der Waals surface area contributed by atoms with Crippen molar-refractivity contribution in [3.05, 3.63) is 40.3 Å². The van der Waals surface area contributed by atoms with Crippen molar-refractivity contribution in [3.63, 3.8) is 0 Å². The summed E-state index contributed by atoms with van der Waals surface area (Å²) in [5.74, 6) is 0.864. The Labute approximate surface area is 111 Å². The standard InChI is InChI=1S/C11H10BrN3O3/c1-2-9(12)11-14-13-10(18-11)7-3-5-8(6-4-7)15(16)17/h3-6,9H,2H2,1H3. The largest absolute Gasteiger partial charge is 0.419 e. The summed E-state index contributed by atoms with van der Waals surface area (Å²) in [7, 11) is 0. The predicted molar refractivity (Wildman–Crippen MR) is 68.3 cm³/mol. The van der Waals surface area contributed by atoms with E-state index < -0.39 is 4.92 Å². The first kappa shape index (κ1) is 12.7. The molecule has 7 heteroatoms. The molecule has 1 heterocycles. The van der Waals surface area contributed by atoms with Crippen LogP contribution >= 0.6 is 15.9 Å². The Kier molecular flexibility index (Phi) is 3.71. The van der Waals surface area contributed by atoms with Crippen molar-refractivity contribution in [2.24, 2.45) is 0 Å². The number of nitro groups is 1. The molecule has 0 saturated heterocycles. The molecular weight excluding hydrogens is 302 g/mol. The van der Waals surface area contributed by atoms with E-state index in [9.17, 15) is 10.1 Å². The Morgan fingerprint density at radius 3 is 2.61 bits per heavy atom. The highest BCUT2D eigenvalue weighted by atomic mass is 79.9. The van der Waals surface area contributed by atoms with Gasteiger partial charge in [0.1, 0.15) is 0 Å². The van der Waals surface area contributed by atoms with Gasteiger partial charge in [-0.3, -0.25) is 10.1 Å². The fourth-order valence-electron chi connectivity index (χ4n) is 1.38. The zero-order valence-electron chi connectivity index (χ0n) is 9.54. The lowest BCUT2D eigenvalue weighted by atomic mass is 10.2. The minimum Gasteiger partial charge on any atom is -0.419 e. The third-order valence-electron chi connectivity index (χ3n) is 2.39. The number of benzene rings is 1. The van der Waals surface area contributed by atoms with E-state index in [1.54, 1.807) is 12.1 Å². The van der Waals surface area contributed by atoms with E-state index in [0.717, 1.165) is 6.42 Å². The van der Waals surface area contributed by atoms with Gasteiger partial charge in [-0.1, -0.05) is 22.9 Å². The van der Waals surface area contributed by atoms with Crippen molar-refractivity contribution in [1.82, 2.24) is 10.2 Å². The Morgan fingerprint density at radius 1 is 1.39 bits per heavy atom. The van der Waals surface area contributed by atoms with Crippen LogP contribution in [-0.4, -0.2) is 15.1 Å². The number of alkyl halides is 1. The summed E-state index contributed by atoms with van der Waals surface area (Å²) in [5, 5.41) is 18.4. The molecule has 1 aromatic heterocycles. The molecular formula is C11H10BrN3O3. The van der Waals surface area contributed by atoms with Gasteiger partial charge in [0.25, 0.3) is 5.69 Å². The maximum atomic E-state index is 10.5. The highest BCUT2D eigenvalue weighted by Crippen LogP contribution is 2.28. The summed E-state index contributed by atoms with van der Waals surface area (Å²) in [5.41, 5.74) is 0.695. The van der Waals surface area contributed by atoms with Crippen LogP contribution in [0.2, 0.25) is 0 Å². The van der Waals surface area contributed by atoms with Crippen LogP contribution in [0, 0.1) is 10.1 Å². The zero-order valence-corrected chi connectivity index (χ0v) is 11.1. The van der Waals surface area contributed by atoms with Gasteiger partial charge >= 0.3 is 0 Å². The molecule has 0 bridgehead atoms. The Hall–Kier alpha value is -1.76. The van der Waals surface area contributed by atoms with Crippen molar-refractivity contribution < 1.29 is 9.34 Å². The Bertz CT molecular complexity index is 553. The van der Waals surface area contributed by atoms with Crippen molar-refractivity contribution in [2.45, 2.75) is 18.2 Å². The molecule has 0 radical (unpaired) electrons. The third kappa shape index (κ3) is 2.56. The molecule has 94 valence electrons. The Balaban J connectivity index is 2.26. The third-order valence-corrected chi connectivity index (χ3v) is 3.43. The summed E-state index contributed by atoms with van der Waals surface area (Å²) in [6, 6.07) is 5.99. The molecule has 2 rings (SSSR count). The zero-order chi connectivity index (χ0) is 13.1. The highest BCUT2D eigenvalue weighted by molar-refractivity contribution is 9.09. The van der Waals surface area contributed by atoms with Crippen LogP contribution in [0.25, 0.3) is 11.5 Å². The lowest BCUT2D eigenvalue weighted by Crippen LogP contribution is -1.87. The lowest BCUT2D eigenvalue weighted by molar-refractivity contribution is -0.384. The predicted octanol–water partition coefficient (Wildman–Crippen LogP) is 3.49. The van der Waals surface area contributed by atoms with Gasteiger partial charge in [-0.2, -0.15) is 0 Å². The summed E-state index contributed by atoms with van der Waals surface area (Å²) in [4.78, 5) is 10.1. The van der Waals surface area contributed by atoms with Gasteiger partial charge in [0.05, 0.1) is 9.75 Å². The molecule has 18 heavy (non-hydrogen) atoms. The number of halogens is 1. The first-order valence-electron chi connectivity index (χ1n) is 5.34. The van der Waals surface area contributed by atoms with Gasteiger partial charge in [-0.15, -0.1) is 10.2 Å². The van der Waals surface area contributed by atoms with E-state index >= 15 is 0 Å². The van der Waals surface area contributed by atoms with E-state index in [-0.39, 0.29) is 10.5 Å². The number of hydrogen-bond acceptors (Lipinski definition) is 5. The molecule has 0 saturated carbocycles. The second-order valence-corrected chi connectivity index (χ2v) is 4.73. The first-order chi connectivity index (χ1) is 8.61. The highest BCUT2D eigenvalue weighted by Gasteiger charge is 2.15. The lowest BCUT2D eigenvalue weighted by Gasteiger charge is -1.98. The SMILES string of the molecule is CCC(Br)c1nnc(-c2ccc([N+](=O)[O-])cc2)o1. The quantitative estimate of drug-likeness (QED) is 0.490. The second kappa shape index (κ2) is 5.26. The van der Waals surface area contributed by atoms with Gasteiger partial charge in [0, 0.05) is 17.7 Å². The van der Waals surface area contributed by atoms with Crippen molar-refractivity contribution in [2.75, 3.05) is 0 Å². The summed E-state index contributed by atoms with van der Waals surface area (Å²) >= 11 is 3.42. The summed E-state index contributed by atoms with van der Waals surface area (Å²) in [6.45, 7) is 2.00. The number of hydrogen-bond donors (Lipinski definition) is 0. The van der Waals surface area contributed by atoms with Crippen molar-refractivity contribution >= 4 is 21.6 Å². The smallest absolute Gasteiger partial charge is 0.269 e. The number of nitro benzene ring substituents is 1. The van der Waals surface area contributed by atoms with E-state index in [2.05, 4.69) is 26.1 Å². The van der Waals surface area contributed by atoms with Crippen molar-refractivity contribution in [3.8, 4) is 11.5 Å². The topological polar surface area (TPSA) is 82.1 Å². The molecule has 0 aliphatic heterocycles. The van der Waals surface area contributed by atoms with Crippen LogP contribution in [0.15, 0.2) is 28.7 Å². The van der Waals surface area contributed by atoms with Crippen LogP contribution in [0.4, 0.5) is 5.69 Å². The fraction of sp³-hybridized carbons (Fsp3) is 0.273. The maximum Gasteiger partial charge on any atom is 0.269 e. The van der Waals surface area contributed by atoms with Gasteiger partial charge in [-0.25, -0.2) is 0 Å². The van der Waals surface area contributed by atoms with Gasteiger partial charge < -0.3 is 4.42 Å². The molecule has 0 fully saturated rings. The first-order valence-corrected chi connectivity index (χ1v) is 6.25. The number of nitrogens with zero attached hydrogens (tertiary/aromatic N) is 3. The van der Waals surface area contributed by atoms with E-state index in [4.69, 9.17) is 4.42 Å². The van der Waals surface area contributed by atoms with Crippen LogP contribution in [-0.2, 0) is 0 Å².